The van der Waals surface area contributed by atoms with Gasteiger partial charge in [-0.2, -0.15) is 0 Å². The molecule has 102 valence electrons. The average Bonchev–Trinajstić information content (AvgIpc) is 2.42. The first-order valence-electron chi connectivity index (χ1n) is 6.90. The molecule has 0 radical (unpaired) electrons. The third-order valence-electron chi connectivity index (χ3n) is 2.95. The highest BCUT2D eigenvalue weighted by Gasteiger charge is 1.98. The molecule has 0 amide bonds. The summed E-state index contributed by atoms with van der Waals surface area (Å²) in [6.45, 7) is 6.80. The first-order valence-corrected chi connectivity index (χ1v) is 6.90. The molecular weight excluding hydrogens is 236 g/mol. The van der Waals surface area contributed by atoms with Gasteiger partial charge in [0.05, 0.1) is 12.1 Å². The van der Waals surface area contributed by atoms with Gasteiger partial charge < -0.3 is 10.1 Å². The Kier molecular flexibility index (Phi) is 5.31. The van der Waals surface area contributed by atoms with Crippen LogP contribution in [0.4, 0.5) is 0 Å². The fourth-order valence-corrected chi connectivity index (χ4v) is 1.97. The second kappa shape index (κ2) is 7.22. The van der Waals surface area contributed by atoms with Crippen LogP contribution in [0.1, 0.15) is 25.8 Å². The number of aromatic nitrogens is 1. The number of ether oxygens (including phenoxy) is 1. The molecule has 2 rings (SSSR count). The number of rotatable bonds is 7. The van der Waals surface area contributed by atoms with E-state index >= 15 is 0 Å². The lowest BCUT2D eigenvalue weighted by molar-refractivity contribution is 0.118. The number of hydrogen-bond acceptors (Lipinski definition) is 3. The van der Waals surface area contributed by atoms with Crippen molar-refractivity contribution in [3.63, 3.8) is 0 Å². The maximum absolute atomic E-state index is 5.69. The fraction of sp³-hybridized carbons (Fsp3) is 0.438. The van der Waals surface area contributed by atoms with Crippen molar-refractivity contribution in [1.29, 1.82) is 0 Å². The van der Waals surface area contributed by atoms with Gasteiger partial charge in [0, 0.05) is 24.2 Å². The normalized spacial score (nSPS) is 11.3. The van der Waals surface area contributed by atoms with Crippen LogP contribution in [0.2, 0.25) is 0 Å². The molecule has 1 N–H and O–H groups in total. The van der Waals surface area contributed by atoms with E-state index in [9.17, 15) is 0 Å². The molecule has 1 aromatic heterocycles. The molecule has 0 aliphatic heterocycles. The summed E-state index contributed by atoms with van der Waals surface area (Å²) >= 11 is 0. The van der Waals surface area contributed by atoms with Gasteiger partial charge >= 0.3 is 0 Å². The van der Waals surface area contributed by atoms with Crippen molar-refractivity contribution in [3.05, 3.63) is 42.1 Å². The Morgan fingerprint density at radius 1 is 1.26 bits per heavy atom. The molecule has 3 heteroatoms. The largest absolute Gasteiger partial charge is 0.377 e. The van der Waals surface area contributed by atoms with Gasteiger partial charge in [-0.3, -0.25) is 4.98 Å². The van der Waals surface area contributed by atoms with Crippen molar-refractivity contribution in [1.82, 2.24) is 10.3 Å². The molecule has 1 heterocycles. The van der Waals surface area contributed by atoms with Crippen LogP contribution in [0, 0.1) is 0 Å². The summed E-state index contributed by atoms with van der Waals surface area (Å²) in [5.74, 6) is 0. The smallest absolute Gasteiger partial charge is 0.0717 e. The first kappa shape index (κ1) is 14.0. The fourth-order valence-electron chi connectivity index (χ4n) is 1.97. The van der Waals surface area contributed by atoms with Gasteiger partial charge in [-0.15, -0.1) is 0 Å². The maximum atomic E-state index is 5.69. The van der Waals surface area contributed by atoms with Crippen LogP contribution in [0.3, 0.4) is 0 Å². The molecule has 2 aromatic rings. The van der Waals surface area contributed by atoms with Crippen LogP contribution in [-0.4, -0.2) is 24.2 Å². The zero-order valence-electron chi connectivity index (χ0n) is 11.7. The Morgan fingerprint density at radius 3 is 3.00 bits per heavy atom. The standard InChI is InChI=1S/C16H22N2O/c1-13(2)17-9-4-10-19-12-14-6-7-16-15(11-14)5-3-8-18-16/h3,5-8,11,13,17H,4,9-10,12H2,1-2H3. The molecule has 0 aliphatic carbocycles. The van der Waals surface area contributed by atoms with Gasteiger partial charge in [-0.25, -0.2) is 0 Å². The lowest BCUT2D eigenvalue weighted by atomic mass is 10.1. The van der Waals surface area contributed by atoms with Gasteiger partial charge in [-0.05, 0) is 36.7 Å². The van der Waals surface area contributed by atoms with Crippen LogP contribution in [0.25, 0.3) is 10.9 Å². The van der Waals surface area contributed by atoms with Crippen LogP contribution in [0.5, 0.6) is 0 Å². The summed E-state index contributed by atoms with van der Waals surface area (Å²) in [7, 11) is 0. The number of nitrogens with zero attached hydrogens (tertiary/aromatic N) is 1. The summed E-state index contributed by atoms with van der Waals surface area (Å²) in [5, 5.41) is 4.55. The third-order valence-corrected chi connectivity index (χ3v) is 2.95. The average molecular weight is 258 g/mol. The molecule has 1 aromatic carbocycles. The predicted octanol–water partition coefficient (Wildman–Crippen LogP) is 3.14. The highest BCUT2D eigenvalue weighted by atomic mass is 16.5. The zero-order chi connectivity index (χ0) is 13.5. The summed E-state index contributed by atoms with van der Waals surface area (Å²) in [6.07, 6.45) is 2.87. The second-order valence-electron chi connectivity index (χ2n) is 5.05. The lowest BCUT2D eigenvalue weighted by Crippen LogP contribution is -2.24. The topological polar surface area (TPSA) is 34.1 Å². The number of pyridine rings is 1. The SMILES string of the molecule is CC(C)NCCCOCc1ccc2ncccc2c1. The third kappa shape index (κ3) is 4.62. The number of nitrogens with one attached hydrogen (secondary N) is 1. The van der Waals surface area contributed by atoms with Crippen molar-refractivity contribution >= 4 is 10.9 Å². The summed E-state index contributed by atoms with van der Waals surface area (Å²) < 4.78 is 5.69. The zero-order valence-corrected chi connectivity index (χ0v) is 11.7. The maximum Gasteiger partial charge on any atom is 0.0717 e. The van der Waals surface area contributed by atoms with E-state index in [1.54, 1.807) is 0 Å². The molecule has 0 atom stereocenters. The molecule has 3 nitrogen and oxygen atoms in total. The van der Waals surface area contributed by atoms with Crippen molar-refractivity contribution in [3.8, 4) is 0 Å². The van der Waals surface area contributed by atoms with Crippen molar-refractivity contribution < 1.29 is 4.74 Å². The summed E-state index contributed by atoms with van der Waals surface area (Å²) in [6, 6.07) is 10.9. The molecule has 0 saturated heterocycles. The number of hydrogen-bond donors (Lipinski definition) is 1. The minimum Gasteiger partial charge on any atom is -0.377 e. The monoisotopic (exact) mass is 258 g/mol. The Bertz CT molecular complexity index is 511. The lowest BCUT2D eigenvalue weighted by Gasteiger charge is -2.08. The minimum absolute atomic E-state index is 0.549. The number of fused-ring (bicyclic) bond motifs is 1. The second-order valence-corrected chi connectivity index (χ2v) is 5.05. The van der Waals surface area contributed by atoms with Crippen LogP contribution in [-0.2, 0) is 11.3 Å². The van der Waals surface area contributed by atoms with Gasteiger partial charge in [0.2, 0.25) is 0 Å². The van der Waals surface area contributed by atoms with E-state index in [0.717, 1.165) is 25.1 Å². The highest BCUT2D eigenvalue weighted by Crippen LogP contribution is 2.13. The molecule has 0 spiro atoms. The Morgan fingerprint density at radius 2 is 2.16 bits per heavy atom. The Labute approximate surface area is 115 Å². The summed E-state index contributed by atoms with van der Waals surface area (Å²) in [5.41, 5.74) is 2.24. The van der Waals surface area contributed by atoms with Gasteiger partial charge in [0.25, 0.3) is 0 Å². The van der Waals surface area contributed by atoms with E-state index in [4.69, 9.17) is 4.74 Å². The molecule has 0 fully saturated rings. The predicted molar refractivity (Wildman–Crippen MR) is 79.2 cm³/mol. The molecule has 0 bridgehead atoms. The number of benzene rings is 1. The van der Waals surface area contributed by atoms with Crippen LogP contribution < -0.4 is 5.32 Å². The minimum atomic E-state index is 0.549. The molecule has 0 saturated carbocycles. The van der Waals surface area contributed by atoms with Gasteiger partial charge in [-0.1, -0.05) is 26.0 Å². The molecule has 0 aliphatic rings. The van der Waals surface area contributed by atoms with Crippen LogP contribution >= 0.6 is 0 Å². The van der Waals surface area contributed by atoms with Gasteiger partial charge in [0.1, 0.15) is 0 Å². The first-order chi connectivity index (χ1) is 9.25. The van der Waals surface area contributed by atoms with E-state index in [1.807, 2.05) is 18.3 Å². The van der Waals surface area contributed by atoms with E-state index < -0.39 is 0 Å². The van der Waals surface area contributed by atoms with E-state index in [-0.39, 0.29) is 0 Å². The quantitative estimate of drug-likeness (QED) is 0.775. The van der Waals surface area contributed by atoms with E-state index in [0.29, 0.717) is 12.6 Å². The van der Waals surface area contributed by atoms with Gasteiger partial charge in [0.15, 0.2) is 0 Å². The van der Waals surface area contributed by atoms with E-state index in [2.05, 4.69) is 42.3 Å². The Hall–Kier alpha value is -1.45. The van der Waals surface area contributed by atoms with Crippen molar-refractivity contribution in [2.75, 3.05) is 13.2 Å². The molecule has 19 heavy (non-hydrogen) atoms. The van der Waals surface area contributed by atoms with E-state index in [1.165, 1.54) is 10.9 Å². The van der Waals surface area contributed by atoms with Crippen LogP contribution in [0.15, 0.2) is 36.5 Å². The molecule has 0 unspecified atom stereocenters. The summed E-state index contributed by atoms with van der Waals surface area (Å²) in [4.78, 5) is 4.31. The molecular formula is C16H22N2O. The van der Waals surface area contributed by atoms with Crippen molar-refractivity contribution in [2.45, 2.75) is 32.9 Å². The Balaban J connectivity index is 1.75. The van der Waals surface area contributed by atoms with Crippen molar-refractivity contribution in [2.24, 2.45) is 0 Å². The highest BCUT2D eigenvalue weighted by molar-refractivity contribution is 5.78.